The summed E-state index contributed by atoms with van der Waals surface area (Å²) < 4.78 is 26.3. The number of thiophene rings is 1. The van der Waals surface area contributed by atoms with E-state index in [2.05, 4.69) is 20.4 Å². The molecule has 0 bridgehead atoms. The zero-order valence-corrected chi connectivity index (χ0v) is 14.5. The van der Waals surface area contributed by atoms with Gasteiger partial charge in [-0.25, -0.2) is 8.78 Å². The number of H-pyrrole nitrogens is 1. The molecule has 26 heavy (non-hydrogen) atoms. The quantitative estimate of drug-likeness (QED) is 0.736. The van der Waals surface area contributed by atoms with Gasteiger partial charge in [-0.1, -0.05) is 6.07 Å². The van der Waals surface area contributed by atoms with Crippen LogP contribution >= 0.6 is 11.3 Å². The third kappa shape index (κ3) is 3.32. The fourth-order valence-corrected chi connectivity index (χ4v) is 3.72. The van der Waals surface area contributed by atoms with Gasteiger partial charge >= 0.3 is 0 Å². The van der Waals surface area contributed by atoms with Gasteiger partial charge in [0, 0.05) is 30.8 Å². The van der Waals surface area contributed by atoms with E-state index in [9.17, 15) is 13.6 Å². The summed E-state index contributed by atoms with van der Waals surface area (Å²) in [6.07, 6.45) is 0.761. The Morgan fingerprint density at radius 1 is 1.27 bits per heavy atom. The van der Waals surface area contributed by atoms with Gasteiger partial charge in [0.2, 0.25) is 0 Å². The first-order chi connectivity index (χ1) is 12.6. The number of anilines is 1. The number of carbonyl (C=O) groups is 1. The lowest BCUT2D eigenvalue weighted by molar-refractivity contribution is 0.0940. The zero-order chi connectivity index (χ0) is 18.1. The molecule has 1 aromatic carbocycles. The van der Waals surface area contributed by atoms with E-state index >= 15 is 0 Å². The molecule has 1 atom stereocenters. The number of nitrogens with zero attached hydrogens (tertiary/aromatic N) is 2. The molecule has 0 spiro atoms. The molecule has 0 radical (unpaired) electrons. The molecule has 3 heterocycles. The van der Waals surface area contributed by atoms with Crippen LogP contribution in [0.2, 0.25) is 0 Å². The minimum Gasteiger partial charge on any atom is -0.353 e. The Kier molecular flexibility index (Phi) is 4.42. The van der Waals surface area contributed by atoms with Gasteiger partial charge < -0.3 is 10.2 Å². The Balaban J connectivity index is 1.39. The van der Waals surface area contributed by atoms with E-state index in [0.29, 0.717) is 6.54 Å². The number of aromatic nitrogens is 2. The largest absolute Gasteiger partial charge is 0.353 e. The lowest BCUT2D eigenvalue weighted by atomic mass is 10.1. The minimum absolute atomic E-state index is 0.0718. The zero-order valence-electron chi connectivity index (χ0n) is 13.7. The lowest BCUT2D eigenvalue weighted by Crippen LogP contribution is -2.37. The summed E-state index contributed by atoms with van der Waals surface area (Å²) >= 11 is 1.64. The van der Waals surface area contributed by atoms with Gasteiger partial charge in [0.05, 0.1) is 10.6 Å². The summed E-state index contributed by atoms with van der Waals surface area (Å²) in [5.74, 6) is -1.56. The molecule has 2 N–H and O–H groups in total. The number of carbonyl (C=O) groups excluding carboxylic acids is 1. The van der Waals surface area contributed by atoms with Crippen LogP contribution in [-0.4, -0.2) is 35.2 Å². The molecule has 1 unspecified atom stereocenters. The van der Waals surface area contributed by atoms with Crippen molar-refractivity contribution in [2.45, 2.75) is 12.5 Å². The van der Waals surface area contributed by atoms with Crippen molar-refractivity contribution in [3.8, 4) is 10.6 Å². The van der Waals surface area contributed by atoms with Gasteiger partial charge in [-0.15, -0.1) is 11.3 Å². The second kappa shape index (κ2) is 6.87. The van der Waals surface area contributed by atoms with Gasteiger partial charge in [-0.05, 0) is 36.1 Å². The second-order valence-corrected chi connectivity index (χ2v) is 7.10. The monoisotopic (exact) mass is 374 g/mol. The van der Waals surface area contributed by atoms with E-state index in [4.69, 9.17) is 0 Å². The Morgan fingerprint density at radius 3 is 2.92 bits per heavy atom. The van der Waals surface area contributed by atoms with Gasteiger partial charge in [-0.3, -0.25) is 9.89 Å². The third-order valence-corrected chi connectivity index (χ3v) is 5.28. The molecule has 1 aliphatic rings. The van der Waals surface area contributed by atoms with Crippen LogP contribution in [0.4, 0.5) is 14.6 Å². The maximum absolute atomic E-state index is 13.3. The topological polar surface area (TPSA) is 61.0 Å². The average Bonchev–Trinajstić information content (AvgIpc) is 3.37. The molecule has 1 aliphatic heterocycles. The summed E-state index contributed by atoms with van der Waals surface area (Å²) in [5, 5.41) is 12.3. The highest BCUT2D eigenvalue weighted by Gasteiger charge is 2.26. The SMILES string of the molecule is O=C(NC1CCN(c2cc(-c3cccs3)[nH]n2)C1)c1ccc(F)c(F)c1. The number of hydrogen-bond donors (Lipinski definition) is 2. The van der Waals surface area contributed by atoms with Crippen molar-refractivity contribution in [2.24, 2.45) is 0 Å². The van der Waals surface area contributed by atoms with Crippen LogP contribution in [0.5, 0.6) is 0 Å². The summed E-state index contributed by atoms with van der Waals surface area (Å²) in [7, 11) is 0. The number of aromatic amines is 1. The number of nitrogens with one attached hydrogen (secondary N) is 2. The van der Waals surface area contributed by atoms with Crippen molar-refractivity contribution >= 4 is 23.1 Å². The van der Waals surface area contributed by atoms with Crippen molar-refractivity contribution in [3.63, 3.8) is 0 Å². The Labute approximate surface area is 152 Å². The summed E-state index contributed by atoms with van der Waals surface area (Å²) in [4.78, 5) is 15.4. The molecule has 1 saturated heterocycles. The Hall–Kier alpha value is -2.74. The normalized spacial score (nSPS) is 16.8. The standard InChI is InChI=1S/C18H16F2N4OS/c19-13-4-3-11(8-14(13)20)18(25)21-12-5-6-24(10-12)17-9-15(22-23-17)16-2-1-7-26-16/h1-4,7-9,12H,5-6,10H2,(H,21,25)(H,22,23). The molecule has 1 fully saturated rings. The molecule has 4 rings (SSSR count). The number of amides is 1. The highest BCUT2D eigenvalue weighted by Crippen LogP contribution is 2.27. The molecular formula is C18H16F2N4OS. The highest BCUT2D eigenvalue weighted by atomic mass is 32.1. The van der Waals surface area contributed by atoms with Crippen molar-refractivity contribution in [2.75, 3.05) is 18.0 Å². The van der Waals surface area contributed by atoms with E-state index in [1.807, 2.05) is 23.6 Å². The van der Waals surface area contributed by atoms with Crippen LogP contribution in [0.3, 0.4) is 0 Å². The first kappa shape index (κ1) is 16.7. The predicted octanol–water partition coefficient (Wildman–Crippen LogP) is 3.43. The van der Waals surface area contributed by atoms with Gasteiger partial charge in [0.1, 0.15) is 0 Å². The molecule has 3 aromatic rings. The van der Waals surface area contributed by atoms with Crippen LogP contribution in [-0.2, 0) is 0 Å². The lowest BCUT2D eigenvalue weighted by Gasteiger charge is -2.16. The van der Waals surface area contributed by atoms with E-state index < -0.39 is 17.5 Å². The smallest absolute Gasteiger partial charge is 0.251 e. The van der Waals surface area contributed by atoms with Crippen LogP contribution in [0.25, 0.3) is 10.6 Å². The van der Waals surface area contributed by atoms with Crippen molar-refractivity contribution in [1.82, 2.24) is 15.5 Å². The first-order valence-electron chi connectivity index (χ1n) is 8.20. The second-order valence-electron chi connectivity index (χ2n) is 6.15. The van der Waals surface area contributed by atoms with E-state index in [0.717, 1.165) is 41.5 Å². The van der Waals surface area contributed by atoms with Crippen molar-refractivity contribution < 1.29 is 13.6 Å². The van der Waals surface area contributed by atoms with Crippen LogP contribution in [0, 0.1) is 11.6 Å². The fraction of sp³-hybridized carbons (Fsp3) is 0.222. The van der Waals surface area contributed by atoms with Gasteiger partial charge in [0.15, 0.2) is 17.5 Å². The van der Waals surface area contributed by atoms with E-state index in [1.54, 1.807) is 11.3 Å². The highest BCUT2D eigenvalue weighted by molar-refractivity contribution is 7.13. The minimum atomic E-state index is -1.02. The number of halogens is 2. The van der Waals surface area contributed by atoms with E-state index in [-0.39, 0.29) is 11.6 Å². The molecule has 134 valence electrons. The van der Waals surface area contributed by atoms with Crippen LogP contribution < -0.4 is 10.2 Å². The van der Waals surface area contributed by atoms with Crippen LogP contribution in [0.1, 0.15) is 16.8 Å². The van der Waals surface area contributed by atoms with Crippen LogP contribution in [0.15, 0.2) is 41.8 Å². The molecule has 1 amide bonds. The average molecular weight is 374 g/mol. The fourth-order valence-electron chi connectivity index (χ4n) is 3.02. The van der Waals surface area contributed by atoms with Crippen molar-refractivity contribution in [3.05, 3.63) is 59.0 Å². The molecule has 2 aromatic heterocycles. The van der Waals surface area contributed by atoms with E-state index in [1.165, 1.54) is 6.07 Å². The molecule has 0 saturated carbocycles. The predicted molar refractivity (Wildman–Crippen MR) is 96.3 cm³/mol. The molecular weight excluding hydrogens is 358 g/mol. The number of rotatable bonds is 4. The third-order valence-electron chi connectivity index (χ3n) is 4.38. The summed E-state index contributed by atoms with van der Waals surface area (Å²) in [6, 6.07) is 9.08. The molecule has 5 nitrogen and oxygen atoms in total. The maximum Gasteiger partial charge on any atom is 0.251 e. The summed E-state index contributed by atoms with van der Waals surface area (Å²) in [5.41, 5.74) is 1.08. The number of hydrogen-bond acceptors (Lipinski definition) is 4. The van der Waals surface area contributed by atoms with Gasteiger partial charge in [0.25, 0.3) is 5.91 Å². The van der Waals surface area contributed by atoms with Gasteiger partial charge in [-0.2, -0.15) is 5.10 Å². The Morgan fingerprint density at radius 2 is 2.15 bits per heavy atom. The van der Waals surface area contributed by atoms with Crippen molar-refractivity contribution in [1.29, 1.82) is 0 Å². The molecule has 0 aliphatic carbocycles. The molecule has 8 heteroatoms. The Bertz CT molecular complexity index is 925. The maximum atomic E-state index is 13.3. The first-order valence-corrected chi connectivity index (χ1v) is 9.08. The summed E-state index contributed by atoms with van der Waals surface area (Å²) in [6.45, 7) is 1.38. The number of benzene rings is 1.